The van der Waals surface area contributed by atoms with E-state index in [9.17, 15) is 4.79 Å². The average molecular weight is 453 g/mol. The second kappa shape index (κ2) is 9.87. The standard InChI is InChI=1S/C27H28N6O/c1-20-24(19-28-33(20)23-9-5-4-6-10-23)27(34)29-22-13-11-21(12-14-22)25-15-16-26(31-30-25)32-17-7-2-3-8-18-32/h4-6,9-16,19H,2-3,7-8,17-18H2,1H3,(H,29,34). The molecule has 0 saturated carbocycles. The van der Waals surface area contributed by atoms with Gasteiger partial charge in [-0.1, -0.05) is 43.2 Å². The average Bonchev–Trinajstić information content (AvgIpc) is 3.07. The number of rotatable bonds is 5. The number of nitrogens with one attached hydrogen (secondary N) is 1. The lowest BCUT2D eigenvalue weighted by molar-refractivity contribution is 0.102. The highest BCUT2D eigenvalue weighted by molar-refractivity contribution is 6.05. The highest BCUT2D eigenvalue weighted by Gasteiger charge is 2.16. The Morgan fingerprint density at radius 2 is 1.59 bits per heavy atom. The Labute approximate surface area is 199 Å². The van der Waals surface area contributed by atoms with Crippen LogP contribution in [0.4, 0.5) is 11.5 Å². The fourth-order valence-electron chi connectivity index (χ4n) is 4.33. The zero-order valence-electron chi connectivity index (χ0n) is 19.3. The summed E-state index contributed by atoms with van der Waals surface area (Å²) < 4.78 is 1.77. The van der Waals surface area contributed by atoms with Crippen molar-refractivity contribution in [2.24, 2.45) is 0 Å². The van der Waals surface area contributed by atoms with E-state index >= 15 is 0 Å². The monoisotopic (exact) mass is 452 g/mol. The van der Waals surface area contributed by atoms with Gasteiger partial charge in [-0.15, -0.1) is 10.2 Å². The third-order valence-electron chi connectivity index (χ3n) is 6.27. The van der Waals surface area contributed by atoms with E-state index in [2.05, 4.69) is 31.6 Å². The Kier molecular flexibility index (Phi) is 6.33. The minimum absolute atomic E-state index is 0.186. The highest BCUT2D eigenvalue weighted by Crippen LogP contribution is 2.23. The fraction of sp³-hybridized carbons (Fsp3) is 0.259. The molecule has 1 aliphatic heterocycles. The largest absolute Gasteiger partial charge is 0.355 e. The van der Waals surface area contributed by atoms with Crippen molar-refractivity contribution in [3.05, 3.63) is 84.2 Å². The molecule has 2 aromatic heterocycles. The molecule has 1 amide bonds. The first-order valence-corrected chi connectivity index (χ1v) is 11.8. The normalized spacial score (nSPS) is 14.0. The van der Waals surface area contributed by atoms with Crippen LogP contribution >= 0.6 is 0 Å². The van der Waals surface area contributed by atoms with Crippen molar-refractivity contribution in [2.75, 3.05) is 23.3 Å². The molecule has 34 heavy (non-hydrogen) atoms. The van der Waals surface area contributed by atoms with Gasteiger partial charge in [-0.25, -0.2) is 4.68 Å². The number of hydrogen-bond donors (Lipinski definition) is 1. The zero-order valence-corrected chi connectivity index (χ0v) is 19.3. The summed E-state index contributed by atoms with van der Waals surface area (Å²) in [6.45, 7) is 3.99. The van der Waals surface area contributed by atoms with Crippen LogP contribution in [0.3, 0.4) is 0 Å². The molecule has 3 heterocycles. The number of aromatic nitrogens is 4. The van der Waals surface area contributed by atoms with Crippen LogP contribution in [-0.2, 0) is 0 Å². The first-order valence-electron chi connectivity index (χ1n) is 11.8. The summed E-state index contributed by atoms with van der Waals surface area (Å²) in [5, 5.41) is 16.3. The minimum atomic E-state index is -0.186. The molecule has 0 radical (unpaired) electrons. The molecule has 5 rings (SSSR count). The number of benzene rings is 2. The van der Waals surface area contributed by atoms with Gasteiger partial charge in [0.15, 0.2) is 5.82 Å². The van der Waals surface area contributed by atoms with E-state index in [4.69, 9.17) is 0 Å². The van der Waals surface area contributed by atoms with Crippen LogP contribution in [0.25, 0.3) is 16.9 Å². The fourth-order valence-corrected chi connectivity index (χ4v) is 4.33. The van der Waals surface area contributed by atoms with Crippen molar-refractivity contribution < 1.29 is 4.79 Å². The number of carbonyl (C=O) groups is 1. The van der Waals surface area contributed by atoms with Crippen molar-refractivity contribution in [3.8, 4) is 16.9 Å². The molecular weight excluding hydrogens is 424 g/mol. The Morgan fingerprint density at radius 1 is 0.853 bits per heavy atom. The van der Waals surface area contributed by atoms with Gasteiger partial charge in [0.2, 0.25) is 0 Å². The second-order valence-corrected chi connectivity index (χ2v) is 8.60. The van der Waals surface area contributed by atoms with Gasteiger partial charge in [-0.2, -0.15) is 5.10 Å². The molecule has 172 valence electrons. The van der Waals surface area contributed by atoms with Crippen LogP contribution in [-0.4, -0.2) is 39.0 Å². The summed E-state index contributed by atoms with van der Waals surface area (Å²) in [7, 11) is 0. The first-order chi connectivity index (χ1) is 16.7. The van der Waals surface area contributed by atoms with Crippen molar-refractivity contribution in [3.63, 3.8) is 0 Å². The predicted octanol–water partition coefficient (Wildman–Crippen LogP) is 5.27. The minimum Gasteiger partial charge on any atom is -0.355 e. The maximum absolute atomic E-state index is 12.9. The maximum atomic E-state index is 12.9. The number of hydrogen-bond acceptors (Lipinski definition) is 5. The molecular formula is C27H28N6O. The number of amides is 1. The molecule has 4 aromatic rings. The summed E-state index contributed by atoms with van der Waals surface area (Å²) >= 11 is 0. The molecule has 0 aliphatic carbocycles. The first kappa shape index (κ1) is 21.8. The predicted molar refractivity (Wildman–Crippen MR) is 134 cm³/mol. The number of para-hydroxylation sites is 1. The van der Waals surface area contributed by atoms with Gasteiger partial charge in [-0.3, -0.25) is 4.79 Å². The van der Waals surface area contributed by atoms with E-state index in [1.807, 2.05) is 67.6 Å². The molecule has 0 bridgehead atoms. The zero-order chi connectivity index (χ0) is 23.3. The molecule has 0 spiro atoms. The Morgan fingerprint density at radius 3 is 2.26 bits per heavy atom. The van der Waals surface area contributed by atoms with Gasteiger partial charge >= 0.3 is 0 Å². The lowest BCUT2D eigenvalue weighted by atomic mass is 10.1. The molecule has 1 aliphatic rings. The van der Waals surface area contributed by atoms with Gasteiger partial charge in [0.25, 0.3) is 5.91 Å². The summed E-state index contributed by atoms with van der Waals surface area (Å²) in [5.41, 5.74) is 4.75. The molecule has 1 saturated heterocycles. The maximum Gasteiger partial charge on any atom is 0.259 e. The van der Waals surface area contributed by atoms with Crippen molar-refractivity contribution in [1.29, 1.82) is 0 Å². The molecule has 0 atom stereocenters. The van der Waals surface area contributed by atoms with E-state index in [1.54, 1.807) is 10.9 Å². The number of nitrogens with zero attached hydrogens (tertiary/aromatic N) is 5. The van der Waals surface area contributed by atoms with E-state index < -0.39 is 0 Å². The van der Waals surface area contributed by atoms with Crippen LogP contribution in [0.15, 0.2) is 72.9 Å². The van der Waals surface area contributed by atoms with Crippen LogP contribution in [0.1, 0.15) is 41.7 Å². The van der Waals surface area contributed by atoms with Gasteiger partial charge < -0.3 is 10.2 Å². The topological polar surface area (TPSA) is 75.9 Å². The summed E-state index contributed by atoms with van der Waals surface area (Å²) in [5.74, 6) is 0.759. The van der Waals surface area contributed by atoms with E-state index in [1.165, 1.54) is 25.7 Å². The van der Waals surface area contributed by atoms with Crippen molar-refractivity contribution in [2.45, 2.75) is 32.6 Å². The summed E-state index contributed by atoms with van der Waals surface area (Å²) in [6, 6.07) is 21.5. The third kappa shape index (κ3) is 4.69. The second-order valence-electron chi connectivity index (χ2n) is 8.60. The van der Waals surface area contributed by atoms with Gasteiger partial charge in [0, 0.05) is 24.3 Å². The Balaban J connectivity index is 1.26. The van der Waals surface area contributed by atoms with Gasteiger partial charge in [-0.05, 0) is 56.2 Å². The van der Waals surface area contributed by atoms with E-state index in [0.717, 1.165) is 47.2 Å². The summed E-state index contributed by atoms with van der Waals surface area (Å²) in [4.78, 5) is 15.2. The molecule has 7 nitrogen and oxygen atoms in total. The number of carbonyl (C=O) groups excluding carboxylic acids is 1. The van der Waals surface area contributed by atoms with Gasteiger partial charge in [0.1, 0.15) is 0 Å². The van der Waals surface area contributed by atoms with Gasteiger partial charge in [0.05, 0.1) is 28.8 Å². The molecule has 1 N–H and O–H groups in total. The van der Waals surface area contributed by atoms with Crippen LogP contribution in [0, 0.1) is 6.92 Å². The van der Waals surface area contributed by atoms with E-state index in [-0.39, 0.29) is 5.91 Å². The van der Waals surface area contributed by atoms with Crippen molar-refractivity contribution in [1.82, 2.24) is 20.0 Å². The van der Waals surface area contributed by atoms with Crippen molar-refractivity contribution >= 4 is 17.4 Å². The van der Waals surface area contributed by atoms with Crippen LogP contribution in [0.5, 0.6) is 0 Å². The van der Waals surface area contributed by atoms with Crippen LogP contribution < -0.4 is 10.2 Å². The quantitative estimate of drug-likeness (QED) is 0.446. The van der Waals surface area contributed by atoms with E-state index in [0.29, 0.717) is 5.56 Å². The molecule has 7 heteroatoms. The number of anilines is 2. The SMILES string of the molecule is Cc1c(C(=O)Nc2ccc(-c3ccc(N4CCCCCC4)nn3)cc2)cnn1-c1ccccc1. The molecule has 0 unspecified atom stereocenters. The smallest absolute Gasteiger partial charge is 0.259 e. The lowest BCUT2D eigenvalue weighted by Gasteiger charge is -2.20. The van der Waals surface area contributed by atoms with Crippen LogP contribution in [0.2, 0.25) is 0 Å². The Bertz CT molecular complexity index is 1240. The molecule has 1 fully saturated rings. The third-order valence-corrected chi connectivity index (χ3v) is 6.27. The molecule has 2 aromatic carbocycles. The lowest BCUT2D eigenvalue weighted by Crippen LogP contribution is -2.25. The summed E-state index contributed by atoms with van der Waals surface area (Å²) in [6.07, 6.45) is 6.61. The highest BCUT2D eigenvalue weighted by atomic mass is 16.1. The Hall–Kier alpha value is -4.00.